The highest BCUT2D eigenvalue weighted by atomic mass is 16.5. The zero-order chi connectivity index (χ0) is 21.3. The van der Waals surface area contributed by atoms with Crippen molar-refractivity contribution in [3.05, 3.63) is 65.7 Å². The maximum Gasteiger partial charge on any atom is 0.254 e. The standard InChI is InChI=1S/C24H30N2O4/c1-18-16-26(17-19(2)30-18)24(28)21-12-10-20(11-13-21)15-25-23(27)9-6-14-29-22-7-4-3-5-8-22/h3-5,7-8,10-13,18-19H,6,9,14-17H2,1-2H3,(H,25,27). The minimum absolute atomic E-state index is 0.0110. The molecule has 6 heteroatoms. The van der Waals surface area contributed by atoms with Gasteiger partial charge in [-0.2, -0.15) is 0 Å². The Morgan fingerprint density at radius 2 is 1.70 bits per heavy atom. The van der Waals surface area contributed by atoms with Crippen molar-refractivity contribution < 1.29 is 19.1 Å². The maximum absolute atomic E-state index is 12.7. The zero-order valence-corrected chi connectivity index (χ0v) is 17.7. The fourth-order valence-electron chi connectivity index (χ4n) is 3.52. The molecule has 0 radical (unpaired) electrons. The quantitative estimate of drug-likeness (QED) is 0.677. The number of morpholine rings is 1. The molecule has 2 atom stereocenters. The molecule has 0 saturated carbocycles. The number of nitrogens with zero attached hydrogens (tertiary/aromatic N) is 1. The summed E-state index contributed by atoms with van der Waals surface area (Å²) >= 11 is 0. The van der Waals surface area contributed by atoms with Crippen LogP contribution in [0.15, 0.2) is 54.6 Å². The number of benzene rings is 2. The minimum Gasteiger partial charge on any atom is -0.494 e. The van der Waals surface area contributed by atoms with Crippen LogP contribution in [0.1, 0.15) is 42.6 Å². The van der Waals surface area contributed by atoms with E-state index in [1.54, 1.807) is 0 Å². The average Bonchev–Trinajstić information content (AvgIpc) is 2.75. The van der Waals surface area contributed by atoms with E-state index in [-0.39, 0.29) is 24.0 Å². The first kappa shape index (κ1) is 21.8. The minimum atomic E-state index is -0.0110. The van der Waals surface area contributed by atoms with Gasteiger partial charge in [0.1, 0.15) is 5.75 Å². The predicted octanol–water partition coefficient (Wildman–Crippen LogP) is 3.41. The van der Waals surface area contributed by atoms with E-state index >= 15 is 0 Å². The lowest BCUT2D eigenvalue weighted by Crippen LogP contribution is -2.48. The monoisotopic (exact) mass is 410 g/mol. The Morgan fingerprint density at radius 1 is 1.03 bits per heavy atom. The third-order valence-corrected chi connectivity index (χ3v) is 4.96. The fraction of sp³-hybridized carbons (Fsp3) is 0.417. The van der Waals surface area contributed by atoms with Crippen LogP contribution in [0.2, 0.25) is 0 Å². The molecule has 1 aliphatic heterocycles. The molecule has 1 N–H and O–H groups in total. The molecular weight excluding hydrogens is 380 g/mol. The van der Waals surface area contributed by atoms with E-state index in [1.165, 1.54) is 0 Å². The number of para-hydroxylation sites is 1. The number of amides is 2. The molecule has 30 heavy (non-hydrogen) atoms. The smallest absolute Gasteiger partial charge is 0.254 e. The summed E-state index contributed by atoms with van der Waals surface area (Å²) in [7, 11) is 0. The molecule has 2 amide bonds. The van der Waals surface area contributed by atoms with Crippen LogP contribution in [-0.2, 0) is 16.1 Å². The third kappa shape index (κ3) is 6.59. The summed E-state index contributed by atoms with van der Waals surface area (Å²) in [5.41, 5.74) is 1.62. The highest BCUT2D eigenvalue weighted by Crippen LogP contribution is 2.15. The number of carbonyl (C=O) groups excluding carboxylic acids is 2. The van der Waals surface area contributed by atoms with E-state index < -0.39 is 0 Å². The van der Waals surface area contributed by atoms with Gasteiger partial charge in [0.2, 0.25) is 5.91 Å². The van der Waals surface area contributed by atoms with Gasteiger partial charge in [-0.25, -0.2) is 0 Å². The van der Waals surface area contributed by atoms with Crippen molar-refractivity contribution in [3.63, 3.8) is 0 Å². The van der Waals surface area contributed by atoms with Crippen LogP contribution in [0.5, 0.6) is 5.75 Å². The molecule has 3 rings (SSSR count). The van der Waals surface area contributed by atoms with E-state index in [0.29, 0.717) is 44.6 Å². The lowest BCUT2D eigenvalue weighted by molar-refractivity contribution is -0.121. The van der Waals surface area contributed by atoms with Crippen LogP contribution in [0, 0.1) is 0 Å². The molecule has 2 unspecified atom stereocenters. The lowest BCUT2D eigenvalue weighted by atomic mass is 10.1. The topological polar surface area (TPSA) is 67.9 Å². The van der Waals surface area contributed by atoms with Gasteiger partial charge in [-0.1, -0.05) is 30.3 Å². The van der Waals surface area contributed by atoms with Crippen molar-refractivity contribution in [2.75, 3.05) is 19.7 Å². The number of ether oxygens (including phenoxy) is 2. The Labute approximate surface area is 178 Å². The van der Waals surface area contributed by atoms with Gasteiger partial charge >= 0.3 is 0 Å². The Morgan fingerprint density at radius 3 is 2.37 bits per heavy atom. The first-order valence-electron chi connectivity index (χ1n) is 10.5. The van der Waals surface area contributed by atoms with E-state index in [0.717, 1.165) is 11.3 Å². The van der Waals surface area contributed by atoms with Crippen molar-refractivity contribution >= 4 is 11.8 Å². The Bertz CT molecular complexity index is 813. The number of carbonyl (C=O) groups is 2. The van der Waals surface area contributed by atoms with Crippen molar-refractivity contribution in [1.29, 1.82) is 0 Å². The highest BCUT2D eigenvalue weighted by molar-refractivity contribution is 5.94. The normalized spacial score (nSPS) is 18.7. The summed E-state index contributed by atoms with van der Waals surface area (Å²) < 4.78 is 11.3. The number of nitrogens with one attached hydrogen (secondary N) is 1. The van der Waals surface area contributed by atoms with Crippen LogP contribution >= 0.6 is 0 Å². The molecule has 1 heterocycles. The van der Waals surface area contributed by atoms with Crippen LogP contribution in [0.4, 0.5) is 0 Å². The number of hydrogen-bond acceptors (Lipinski definition) is 4. The molecule has 0 aliphatic carbocycles. The van der Waals surface area contributed by atoms with Crippen LogP contribution < -0.4 is 10.1 Å². The van der Waals surface area contributed by atoms with Gasteiger partial charge in [0.05, 0.1) is 18.8 Å². The zero-order valence-electron chi connectivity index (χ0n) is 17.7. The second-order valence-corrected chi connectivity index (χ2v) is 7.71. The molecular formula is C24H30N2O4. The molecule has 1 aliphatic rings. The van der Waals surface area contributed by atoms with Crippen molar-refractivity contribution in [2.24, 2.45) is 0 Å². The highest BCUT2D eigenvalue weighted by Gasteiger charge is 2.26. The van der Waals surface area contributed by atoms with Gasteiger partial charge in [-0.05, 0) is 50.1 Å². The van der Waals surface area contributed by atoms with E-state index in [2.05, 4.69) is 5.32 Å². The molecule has 0 bridgehead atoms. The molecule has 160 valence electrons. The summed E-state index contributed by atoms with van der Waals surface area (Å²) in [6, 6.07) is 17.0. The first-order chi connectivity index (χ1) is 14.5. The second-order valence-electron chi connectivity index (χ2n) is 7.71. The van der Waals surface area contributed by atoms with Gasteiger partial charge in [0.15, 0.2) is 0 Å². The van der Waals surface area contributed by atoms with E-state index in [4.69, 9.17) is 9.47 Å². The summed E-state index contributed by atoms with van der Waals surface area (Å²) in [6.45, 7) is 6.13. The second kappa shape index (κ2) is 10.8. The van der Waals surface area contributed by atoms with E-state index in [1.807, 2.05) is 73.3 Å². The Balaban J connectivity index is 1.38. The molecule has 2 aromatic rings. The maximum atomic E-state index is 12.7. The number of hydrogen-bond donors (Lipinski definition) is 1. The molecule has 0 aromatic heterocycles. The predicted molar refractivity (Wildman–Crippen MR) is 115 cm³/mol. The Hall–Kier alpha value is -2.86. The van der Waals surface area contributed by atoms with Crippen molar-refractivity contribution in [2.45, 2.75) is 45.4 Å². The average molecular weight is 411 g/mol. The summed E-state index contributed by atoms with van der Waals surface area (Å²) in [4.78, 5) is 26.6. The number of rotatable bonds is 8. The fourth-order valence-corrected chi connectivity index (χ4v) is 3.52. The van der Waals surface area contributed by atoms with Crippen LogP contribution in [0.25, 0.3) is 0 Å². The van der Waals surface area contributed by atoms with E-state index in [9.17, 15) is 9.59 Å². The molecule has 6 nitrogen and oxygen atoms in total. The SMILES string of the molecule is CC1CN(C(=O)c2ccc(CNC(=O)CCCOc3ccccc3)cc2)CC(C)O1. The molecule has 2 aromatic carbocycles. The van der Waals surface area contributed by atoms with Gasteiger partial charge in [-0.3, -0.25) is 9.59 Å². The molecule has 1 fully saturated rings. The van der Waals surface area contributed by atoms with Crippen LogP contribution in [0.3, 0.4) is 0 Å². The van der Waals surface area contributed by atoms with Gasteiger partial charge in [0.25, 0.3) is 5.91 Å². The lowest BCUT2D eigenvalue weighted by Gasteiger charge is -2.35. The van der Waals surface area contributed by atoms with Gasteiger partial charge in [0, 0.05) is 31.6 Å². The Kier molecular flexibility index (Phi) is 7.85. The summed E-state index contributed by atoms with van der Waals surface area (Å²) in [6.07, 6.45) is 1.16. The largest absolute Gasteiger partial charge is 0.494 e. The first-order valence-corrected chi connectivity index (χ1v) is 10.5. The van der Waals surface area contributed by atoms with Gasteiger partial charge in [-0.15, -0.1) is 0 Å². The summed E-state index contributed by atoms with van der Waals surface area (Å²) in [5.74, 6) is 0.822. The van der Waals surface area contributed by atoms with Crippen molar-refractivity contribution in [3.8, 4) is 5.75 Å². The van der Waals surface area contributed by atoms with Gasteiger partial charge < -0.3 is 19.7 Å². The third-order valence-electron chi connectivity index (χ3n) is 4.96. The molecule has 0 spiro atoms. The van der Waals surface area contributed by atoms with Crippen LogP contribution in [-0.4, -0.2) is 48.6 Å². The summed E-state index contributed by atoms with van der Waals surface area (Å²) in [5, 5.41) is 2.91. The van der Waals surface area contributed by atoms with Crippen molar-refractivity contribution in [1.82, 2.24) is 10.2 Å². The molecule has 1 saturated heterocycles.